The van der Waals surface area contributed by atoms with E-state index in [2.05, 4.69) is 0 Å². The molecule has 0 amide bonds. The summed E-state index contributed by atoms with van der Waals surface area (Å²) in [7, 11) is 0. The molecule has 0 radical (unpaired) electrons. The Morgan fingerprint density at radius 1 is 1.38 bits per heavy atom. The van der Waals surface area contributed by atoms with Crippen molar-refractivity contribution in [1.29, 1.82) is 0 Å². The van der Waals surface area contributed by atoms with Crippen LogP contribution in [-0.4, -0.2) is 5.11 Å². The van der Waals surface area contributed by atoms with Gasteiger partial charge in [0.1, 0.15) is 5.82 Å². The average molecular weight is 243 g/mol. The van der Waals surface area contributed by atoms with E-state index in [1.165, 1.54) is 18.9 Å². The van der Waals surface area contributed by atoms with E-state index in [1.807, 2.05) is 0 Å². The van der Waals surface area contributed by atoms with Crippen molar-refractivity contribution in [2.24, 2.45) is 5.92 Å². The quantitative estimate of drug-likeness (QED) is 0.831. The van der Waals surface area contributed by atoms with Crippen LogP contribution in [0.1, 0.15) is 42.9 Å². The van der Waals surface area contributed by atoms with Crippen LogP contribution in [0.5, 0.6) is 0 Å². The fourth-order valence-electron chi connectivity index (χ4n) is 2.43. The van der Waals surface area contributed by atoms with Crippen molar-refractivity contribution in [2.75, 3.05) is 0 Å². The summed E-state index contributed by atoms with van der Waals surface area (Å²) in [6.07, 6.45) is 3.86. The number of halogens is 2. The zero-order valence-corrected chi connectivity index (χ0v) is 10.1. The first-order valence-corrected chi connectivity index (χ1v) is 6.11. The smallest absolute Gasteiger partial charge is 0.127 e. The summed E-state index contributed by atoms with van der Waals surface area (Å²) in [5.41, 5.74) is 1.21. The number of benzene rings is 1. The van der Waals surface area contributed by atoms with Crippen LogP contribution in [0.25, 0.3) is 0 Å². The molecule has 1 unspecified atom stereocenters. The Balaban J connectivity index is 2.28. The van der Waals surface area contributed by atoms with Crippen LogP contribution in [0.15, 0.2) is 12.1 Å². The molecule has 1 aromatic carbocycles. The van der Waals surface area contributed by atoms with E-state index in [0.717, 1.165) is 12.8 Å². The van der Waals surface area contributed by atoms with Gasteiger partial charge in [-0.3, -0.25) is 0 Å². The Hall–Kier alpha value is -0.600. The molecule has 2 rings (SSSR count). The Morgan fingerprint density at radius 2 is 2.00 bits per heavy atom. The van der Waals surface area contributed by atoms with E-state index in [4.69, 9.17) is 11.6 Å². The van der Waals surface area contributed by atoms with Crippen molar-refractivity contribution >= 4 is 11.6 Å². The highest BCUT2D eigenvalue weighted by molar-refractivity contribution is 6.31. The van der Waals surface area contributed by atoms with Crippen molar-refractivity contribution < 1.29 is 9.50 Å². The van der Waals surface area contributed by atoms with Gasteiger partial charge in [-0.2, -0.15) is 0 Å². The largest absolute Gasteiger partial charge is 0.388 e. The first-order valence-electron chi connectivity index (χ1n) is 5.73. The third-order valence-corrected chi connectivity index (χ3v) is 3.77. The highest BCUT2D eigenvalue weighted by Crippen LogP contribution is 2.38. The third-order valence-electron chi connectivity index (χ3n) is 3.44. The van der Waals surface area contributed by atoms with Crippen molar-refractivity contribution in [2.45, 2.75) is 38.7 Å². The topological polar surface area (TPSA) is 20.2 Å². The fraction of sp³-hybridized carbons (Fsp3) is 0.538. The zero-order chi connectivity index (χ0) is 11.7. The molecule has 0 heterocycles. The van der Waals surface area contributed by atoms with E-state index < -0.39 is 6.10 Å². The predicted molar refractivity (Wildman–Crippen MR) is 63.1 cm³/mol. The van der Waals surface area contributed by atoms with Crippen LogP contribution in [0, 0.1) is 18.7 Å². The Morgan fingerprint density at radius 3 is 2.62 bits per heavy atom. The molecule has 1 saturated carbocycles. The summed E-state index contributed by atoms with van der Waals surface area (Å²) in [6, 6.07) is 2.96. The monoisotopic (exact) mass is 242 g/mol. The maximum Gasteiger partial charge on any atom is 0.127 e. The lowest BCUT2D eigenvalue weighted by Gasteiger charge is -2.19. The molecular formula is C13H16ClFO. The molecule has 0 aliphatic heterocycles. The van der Waals surface area contributed by atoms with Crippen LogP contribution < -0.4 is 0 Å². The summed E-state index contributed by atoms with van der Waals surface area (Å²) < 4.78 is 13.2. The molecule has 3 heteroatoms. The maximum atomic E-state index is 13.2. The van der Waals surface area contributed by atoms with Gasteiger partial charge in [0.25, 0.3) is 0 Å². The Kier molecular flexibility index (Phi) is 3.50. The summed E-state index contributed by atoms with van der Waals surface area (Å²) in [5.74, 6) is -0.0327. The van der Waals surface area contributed by atoms with Crippen molar-refractivity contribution in [3.63, 3.8) is 0 Å². The second-order valence-corrected chi connectivity index (χ2v) is 5.02. The minimum atomic E-state index is -0.547. The van der Waals surface area contributed by atoms with E-state index >= 15 is 0 Å². The molecule has 0 bridgehead atoms. The van der Waals surface area contributed by atoms with Crippen LogP contribution in [-0.2, 0) is 0 Å². The van der Waals surface area contributed by atoms with E-state index in [9.17, 15) is 9.50 Å². The van der Waals surface area contributed by atoms with Gasteiger partial charge in [0, 0.05) is 5.02 Å². The van der Waals surface area contributed by atoms with Gasteiger partial charge in [0.15, 0.2) is 0 Å². The lowest BCUT2D eigenvalue weighted by atomic mass is 9.93. The zero-order valence-electron chi connectivity index (χ0n) is 9.34. The molecule has 16 heavy (non-hydrogen) atoms. The van der Waals surface area contributed by atoms with Crippen molar-refractivity contribution in [3.8, 4) is 0 Å². The molecule has 1 nitrogen and oxygen atoms in total. The number of hydrogen-bond acceptors (Lipinski definition) is 1. The second kappa shape index (κ2) is 4.72. The Labute approximate surface area is 100 Å². The number of rotatable bonds is 2. The molecule has 1 aromatic rings. The standard InChI is InChI=1S/C13H16ClFO/c1-8-6-10(11(14)7-12(8)15)13(16)9-4-2-3-5-9/h6-7,9,13,16H,2-5H2,1H3. The predicted octanol–water partition coefficient (Wildman–Crippen LogP) is 4.01. The SMILES string of the molecule is Cc1cc(C(O)C2CCCC2)c(Cl)cc1F. The molecule has 0 spiro atoms. The number of aliphatic hydroxyl groups excluding tert-OH is 1. The molecule has 1 atom stereocenters. The first-order chi connectivity index (χ1) is 7.59. The number of aliphatic hydroxyl groups is 1. The van der Waals surface area contributed by atoms with Crippen LogP contribution in [0.3, 0.4) is 0 Å². The maximum absolute atomic E-state index is 13.2. The lowest BCUT2D eigenvalue weighted by molar-refractivity contribution is 0.111. The van der Waals surface area contributed by atoms with Gasteiger partial charge < -0.3 is 5.11 Å². The normalized spacial score (nSPS) is 19.0. The van der Waals surface area contributed by atoms with Crippen LogP contribution in [0.4, 0.5) is 4.39 Å². The molecule has 1 N–H and O–H groups in total. The second-order valence-electron chi connectivity index (χ2n) is 4.61. The summed E-state index contributed by atoms with van der Waals surface area (Å²) in [5, 5.41) is 10.5. The van der Waals surface area contributed by atoms with Crippen LogP contribution >= 0.6 is 11.6 Å². The molecule has 0 aromatic heterocycles. The fourth-order valence-corrected chi connectivity index (χ4v) is 2.70. The first kappa shape index (κ1) is 11.9. The van der Waals surface area contributed by atoms with Gasteiger partial charge >= 0.3 is 0 Å². The lowest BCUT2D eigenvalue weighted by Crippen LogP contribution is -2.10. The highest BCUT2D eigenvalue weighted by Gasteiger charge is 2.26. The van der Waals surface area contributed by atoms with Crippen LogP contribution in [0.2, 0.25) is 5.02 Å². The van der Waals surface area contributed by atoms with Gasteiger partial charge in [-0.25, -0.2) is 4.39 Å². The van der Waals surface area contributed by atoms with Gasteiger partial charge in [-0.15, -0.1) is 0 Å². The molecule has 1 aliphatic rings. The van der Waals surface area contributed by atoms with Gasteiger partial charge in [0.05, 0.1) is 6.10 Å². The highest BCUT2D eigenvalue weighted by atomic mass is 35.5. The molecule has 1 aliphatic carbocycles. The van der Waals surface area contributed by atoms with Crippen molar-refractivity contribution in [3.05, 3.63) is 34.1 Å². The molecule has 88 valence electrons. The average Bonchev–Trinajstić information content (AvgIpc) is 2.75. The minimum absolute atomic E-state index is 0.280. The third kappa shape index (κ3) is 2.23. The van der Waals surface area contributed by atoms with Gasteiger partial charge in [0.2, 0.25) is 0 Å². The number of hydrogen-bond donors (Lipinski definition) is 1. The van der Waals surface area contributed by atoms with Gasteiger partial charge in [-0.1, -0.05) is 24.4 Å². The molecular weight excluding hydrogens is 227 g/mol. The summed E-state index contributed by atoms with van der Waals surface area (Å²) >= 11 is 5.97. The van der Waals surface area contributed by atoms with E-state index in [-0.39, 0.29) is 11.7 Å². The summed E-state index contributed by atoms with van der Waals surface area (Å²) in [6.45, 7) is 1.69. The summed E-state index contributed by atoms with van der Waals surface area (Å²) in [4.78, 5) is 0. The molecule has 1 fully saturated rings. The molecule has 0 saturated heterocycles. The minimum Gasteiger partial charge on any atom is -0.388 e. The van der Waals surface area contributed by atoms with Crippen molar-refractivity contribution in [1.82, 2.24) is 0 Å². The van der Waals surface area contributed by atoms with Gasteiger partial charge in [-0.05, 0) is 48.9 Å². The number of aryl methyl sites for hydroxylation is 1. The van der Waals surface area contributed by atoms with E-state index in [1.54, 1.807) is 13.0 Å². The van der Waals surface area contributed by atoms with E-state index in [0.29, 0.717) is 16.1 Å². The Bertz CT molecular complexity index is 386.